The van der Waals surface area contributed by atoms with E-state index in [1.807, 2.05) is 0 Å². The first-order valence-electron chi connectivity index (χ1n) is 8.04. The molecule has 1 aliphatic carbocycles. The van der Waals surface area contributed by atoms with Crippen molar-refractivity contribution in [2.24, 2.45) is 11.7 Å². The third kappa shape index (κ3) is 3.70. The van der Waals surface area contributed by atoms with Crippen LogP contribution in [0.1, 0.15) is 39.7 Å². The number of nitrogens with one attached hydrogen (secondary N) is 1. The molecular formula is C18H18ClFN2O2S. The molecule has 25 heavy (non-hydrogen) atoms. The van der Waals surface area contributed by atoms with Crippen molar-refractivity contribution in [2.45, 2.75) is 32.6 Å². The van der Waals surface area contributed by atoms with Gasteiger partial charge in [-0.3, -0.25) is 9.59 Å². The summed E-state index contributed by atoms with van der Waals surface area (Å²) in [5.41, 5.74) is 6.99. The molecular weight excluding hydrogens is 363 g/mol. The van der Waals surface area contributed by atoms with Crippen LogP contribution in [-0.2, 0) is 24.1 Å². The van der Waals surface area contributed by atoms with Crippen LogP contribution >= 0.6 is 22.9 Å². The fourth-order valence-corrected chi connectivity index (χ4v) is 4.79. The van der Waals surface area contributed by atoms with Gasteiger partial charge in [0.1, 0.15) is 10.8 Å². The predicted molar refractivity (Wildman–Crippen MR) is 97.8 cm³/mol. The summed E-state index contributed by atoms with van der Waals surface area (Å²) in [6.07, 6.45) is 2.43. The molecule has 0 bridgehead atoms. The molecule has 132 valence electrons. The molecule has 7 heteroatoms. The Balaban J connectivity index is 1.85. The highest BCUT2D eigenvalue weighted by molar-refractivity contribution is 7.17. The van der Waals surface area contributed by atoms with E-state index < -0.39 is 17.6 Å². The number of thiophene rings is 1. The number of hydrogen-bond donors (Lipinski definition) is 2. The number of hydrogen-bond acceptors (Lipinski definition) is 3. The lowest BCUT2D eigenvalue weighted by Gasteiger charge is -2.18. The average molecular weight is 381 g/mol. The van der Waals surface area contributed by atoms with Crippen LogP contribution in [0.2, 0.25) is 5.02 Å². The van der Waals surface area contributed by atoms with Crippen molar-refractivity contribution in [2.75, 3.05) is 5.32 Å². The Morgan fingerprint density at radius 3 is 2.88 bits per heavy atom. The zero-order valence-electron chi connectivity index (χ0n) is 13.7. The first kappa shape index (κ1) is 17.9. The van der Waals surface area contributed by atoms with Crippen molar-refractivity contribution < 1.29 is 14.0 Å². The van der Waals surface area contributed by atoms with Gasteiger partial charge in [0.05, 0.1) is 12.0 Å². The molecule has 2 aromatic rings. The number of primary amides is 1. The first-order valence-corrected chi connectivity index (χ1v) is 9.23. The van der Waals surface area contributed by atoms with Gasteiger partial charge in [0.2, 0.25) is 5.91 Å². The Morgan fingerprint density at radius 1 is 1.44 bits per heavy atom. The molecule has 0 saturated carbocycles. The van der Waals surface area contributed by atoms with Crippen molar-refractivity contribution in [3.8, 4) is 0 Å². The van der Waals surface area contributed by atoms with Gasteiger partial charge in [0, 0.05) is 15.5 Å². The lowest BCUT2D eigenvalue weighted by Crippen LogP contribution is -2.20. The molecule has 0 spiro atoms. The fourth-order valence-electron chi connectivity index (χ4n) is 3.13. The maximum Gasteiger partial charge on any atom is 0.251 e. The van der Waals surface area contributed by atoms with E-state index in [1.165, 1.54) is 29.5 Å². The molecule has 1 aromatic heterocycles. The topological polar surface area (TPSA) is 72.2 Å². The molecule has 0 fully saturated rings. The van der Waals surface area contributed by atoms with Crippen LogP contribution in [-0.4, -0.2) is 11.8 Å². The van der Waals surface area contributed by atoms with Gasteiger partial charge in [-0.2, -0.15) is 0 Å². The molecule has 0 aliphatic heterocycles. The van der Waals surface area contributed by atoms with Crippen LogP contribution in [0.3, 0.4) is 0 Å². The van der Waals surface area contributed by atoms with Gasteiger partial charge in [-0.05, 0) is 42.9 Å². The summed E-state index contributed by atoms with van der Waals surface area (Å²) in [5, 5.41) is 3.37. The molecule has 1 aromatic carbocycles. The maximum atomic E-state index is 13.8. The monoisotopic (exact) mass is 380 g/mol. The van der Waals surface area contributed by atoms with E-state index in [2.05, 4.69) is 12.2 Å². The molecule has 0 saturated heterocycles. The molecule has 1 atom stereocenters. The number of nitrogens with two attached hydrogens (primary N) is 1. The average Bonchev–Trinajstić information content (AvgIpc) is 2.88. The van der Waals surface area contributed by atoms with E-state index in [-0.39, 0.29) is 17.0 Å². The molecule has 3 rings (SSSR count). The van der Waals surface area contributed by atoms with Gasteiger partial charge < -0.3 is 11.1 Å². The summed E-state index contributed by atoms with van der Waals surface area (Å²) in [5.74, 6) is -0.975. The Morgan fingerprint density at radius 2 is 2.20 bits per heavy atom. The largest absolute Gasteiger partial charge is 0.365 e. The number of halogens is 2. The van der Waals surface area contributed by atoms with E-state index in [4.69, 9.17) is 17.3 Å². The van der Waals surface area contributed by atoms with Gasteiger partial charge in [-0.1, -0.05) is 24.6 Å². The lowest BCUT2D eigenvalue weighted by atomic mass is 9.88. The third-order valence-corrected chi connectivity index (χ3v) is 5.93. The van der Waals surface area contributed by atoms with Crippen LogP contribution < -0.4 is 11.1 Å². The smallest absolute Gasteiger partial charge is 0.251 e. The minimum atomic E-state index is -0.550. The third-order valence-electron chi connectivity index (χ3n) is 4.41. The van der Waals surface area contributed by atoms with E-state index in [0.29, 0.717) is 16.5 Å². The SMILES string of the molecule is C[C@H]1CCc2c(sc(NC(=O)Cc3c(F)cccc3Cl)c2C(N)=O)C1. The normalized spacial score (nSPS) is 16.4. The Bertz CT molecular complexity index is 830. The zero-order valence-corrected chi connectivity index (χ0v) is 15.3. The Labute approximate surface area is 154 Å². The highest BCUT2D eigenvalue weighted by Crippen LogP contribution is 2.39. The number of anilines is 1. The zero-order chi connectivity index (χ0) is 18.1. The number of rotatable bonds is 4. The highest BCUT2D eigenvalue weighted by atomic mass is 35.5. The quantitative estimate of drug-likeness (QED) is 0.843. The summed E-state index contributed by atoms with van der Waals surface area (Å²) < 4.78 is 13.8. The van der Waals surface area contributed by atoms with Gasteiger partial charge in [0.25, 0.3) is 5.91 Å². The summed E-state index contributed by atoms with van der Waals surface area (Å²) in [6, 6.07) is 4.28. The summed E-state index contributed by atoms with van der Waals surface area (Å²) in [7, 11) is 0. The Kier molecular flexibility index (Phi) is 5.11. The molecule has 2 amide bonds. The van der Waals surface area contributed by atoms with Gasteiger partial charge in [-0.25, -0.2) is 4.39 Å². The number of carbonyl (C=O) groups is 2. The van der Waals surface area contributed by atoms with E-state index in [1.54, 1.807) is 0 Å². The van der Waals surface area contributed by atoms with Crippen LogP contribution in [0, 0.1) is 11.7 Å². The number of benzene rings is 1. The van der Waals surface area contributed by atoms with Crippen molar-refractivity contribution in [1.82, 2.24) is 0 Å². The molecule has 1 heterocycles. The van der Waals surface area contributed by atoms with Crippen molar-refractivity contribution >= 4 is 39.8 Å². The first-order chi connectivity index (χ1) is 11.9. The molecule has 0 unspecified atom stereocenters. The molecule has 0 radical (unpaired) electrons. The molecule has 1 aliphatic rings. The maximum absolute atomic E-state index is 13.8. The standard InChI is InChI=1S/C18H18ClFN2O2S/c1-9-5-6-10-14(7-9)25-18(16(10)17(21)24)22-15(23)8-11-12(19)3-2-4-13(11)20/h2-4,9H,5-8H2,1H3,(H2,21,24)(H,22,23)/t9-/m0/s1. The van der Waals surface area contributed by atoms with Crippen molar-refractivity contribution in [3.05, 3.63) is 50.6 Å². The van der Waals surface area contributed by atoms with Gasteiger partial charge in [-0.15, -0.1) is 11.3 Å². The lowest BCUT2D eigenvalue weighted by molar-refractivity contribution is -0.115. The van der Waals surface area contributed by atoms with Crippen molar-refractivity contribution in [1.29, 1.82) is 0 Å². The van der Waals surface area contributed by atoms with Gasteiger partial charge in [0.15, 0.2) is 0 Å². The number of amides is 2. The second-order valence-corrected chi connectivity index (χ2v) is 7.86. The number of carbonyl (C=O) groups excluding carboxylic acids is 2. The van der Waals surface area contributed by atoms with Gasteiger partial charge >= 0.3 is 0 Å². The fraction of sp³-hybridized carbons (Fsp3) is 0.333. The second-order valence-electron chi connectivity index (χ2n) is 6.35. The van der Waals surface area contributed by atoms with E-state index >= 15 is 0 Å². The molecule has 3 N–H and O–H groups in total. The predicted octanol–water partition coefficient (Wildman–Crippen LogP) is 3.95. The minimum Gasteiger partial charge on any atom is -0.365 e. The summed E-state index contributed by atoms with van der Waals surface area (Å²) >= 11 is 7.35. The van der Waals surface area contributed by atoms with Crippen molar-refractivity contribution in [3.63, 3.8) is 0 Å². The highest BCUT2D eigenvalue weighted by Gasteiger charge is 2.27. The minimum absolute atomic E-state index is 0.136. The van der Waals surface area contributed by atoms with Crippen LogP contribution in [0.15, 0.2) is 18.2 Å². The Hall–Kier alpha value is -1.92. The summed E-state index contributed by atoms with van der Waals surface area (Å²) in [4.78, 5) is 25.3. The number of fused-ring (bicyclic) bond motifs is 1. The molecule has 4 nitrogen and oxygen atoms in total. The van der Waals surface area contributed by atoms with Crippen LogP contribution in [0.25, 0.3) is 0 Å². The van der Waals surface area contributed by atoms with Crippen LogP contribution in [0.4, 0.5) is 9.39 Å². The van der Waals surface area contributed by atoms with E-state index in [0.717, 1.165) is 29.7 Å². The summed E-state index contributed by atoms with van der Waals surface area (Å²) in [6.45, 7) is 2.16. The van der Waals surface area contributed by atoms with Crippen LogP contribution in [0.5, 0.6) is 0 Å². The second kappa shape index (κ2) is 7.14. The van der Waals surface area contributed by atoms with E-state index in [9.17, 15) is 14.0 Å².